The summed E-state index contributed by atoms with van der Waals surface area (Å²) in [5, 5.41) is 29.1. The van der Waals surface area contributed by atoms with E-state index in [4.69, 9.17) is 33.9 Å². The van der Waals surface area contributed by atoms with Gasteiger partial charge in [0.2, 0.25) is 5.91 Å². The number of amides is 2. The highest BCUT2D eigenvalue weighted by Gasteiger charge is 2.60. The van der Waals surface area contributed by atoms with E-state index in [1.54, 1.807) is 30.6 Å². The lowest BCUT2D eigenvalue weighted by Crippen LogP contribution is -2.60. The number of aryl methyl sites for hydroxylation is 1. The van der Waals surface area contributed by atoms with Crippen molar-refractivity contribution in [2.45, 2.75) is 148 Å². The van der Waals surface area contributed by atoms with Crippen molar-refractivity contribution in [3.63, 3.8) is 0 Å². The fourth-order valence-electron chi connectivity index (χ4n) is 10.2. The van der Waals surface area contributed by atoms with Crippen LogP contribution in [0.4, 0.5) is 4.79 Å². The molecule has 3 N–H and O–H groups in total. The van der Waals surface area contributed by atoms with Crippen LogP contribution in [0.5, 0.6) is 0 Å². The Bertz CT molecular complexity index is 1960. The second-order valence-electron chi connectivity index (χ2n) is 18.1. The van der Waals surface area contributed by atoms with Crippen LogP contribution in [0.25, 0.3) is 11.3 Å². The van der Waals surface area contributed by atoms with Crippen LogP contribution in [0.15, 0.2) is 35.5 Å². The van der Waals surface area contributed by atoms with Crippen molar-refractivity contribution in [1.82, 2.24) is 30.3 Å². The number of ether oxygens (including phenoxy) is 5. The highest BCUT2D eigenvalue weighted by molar-refractivity contribution is 6.00. The molecule has 2 aromatic rings. The Kier molecular flexibility index (Phi) is 14.6. The molecule has 0 radical (unpaired) electrons. The lowest BCUT2D eigenvalue weighted by atomic mass is 9.73. The van der Waals surface area contributed by atoms with Crippen molar-refractivity contribution in [2.24, 2.45) is 28.7 Å². The average molecular weight is 868 g/mol. The van der Waals surface area contributed by atoms with Crippen LogP contribution in [0.3, 0.4) is 0 Å². The maximum absolute atomic E-state index is 14.5. The summed E-state index contributed by atoms with van der Waals surface area (Å²) in [7, 11) is 3.50. The Morgan fingerprint density at radius 3 is 2.45 bits per heavy atom. The van der Waals surface area contributed by atoms with Gasteiger partial charge in [-0.1, -0.05) is 57.2 Å². The summed E-state index contributed by atoms with van der Waals surface area (Å²) in [6.45, 7) is 16.3. The van der Waals surface area contributed by atoms with Crippen molar-refractivity contribution in [3.05, 3.63) is 36.0 Å². The number of hydrogen-bond acceptors (Lipinski definition) is 15. The van der Waals surface area contributed by atoms with E-state index in [9.17, 15) is 24.3 Å². The summed E-state index contributed by atoms with van der Waals surface area (Å²) in [6.07, 6.45) is -1.89. The Morgan fingerprint density at radius 2 is 1.79 bits per heavy atom. The number of methoxy groups -OCH3 is 1. The molecule has 0 spiro atoms. The van der Waals surface area contributed by atoms with Crippen LogP contribution in [-0.4, -0.2) is 146 Å². The number of aromatic nitrogens is 3. The second-order valence-corrected chi connectivity index (χ2v) is 18.1. The Balaban J connectivity index is 1.24. The molecule has 3 saturated heterocycles. The molecule has 342 valence electrons. The summed E-state index contributed by atoms with van der Waals surface area (Å²) in [4.78, 5) is 62.0. The van der Waals surface area contributed by atoms with Crippen molar-refractivity contribution >= 4 is 29.5 Å². The number of esters is 1. The molecule has 0 saturated carbocycles. The van der Waals surface area contributed by atoms with Gasteiger partial charge < -0.3 is 28.8 Å². The number of benzene rings is 1. The van der Waals surface area contributed by atoms with Crippen molar-refractivity contribution in [3.8, 4) is 11.3 Å². The van der Waals surface area contributed by atoms with Crippen molar-refractivity contribution in [2.75, 3.05) is 27.2 Å². The minimum Gasteiger partial charge on any atom is -0.458 e. The van der Waals surface area contributed by atoms with Gasteiger partial charge in [0.1, 0.15) is 23.8 Å². The van der Waals surface area contributed by atoms with Gasteiger partial charge in [0, 0.05) is 55.8 Å². The number of hydroxylamine groups is 1. The Hall–Kier alpha value is -4.33. The number of aliphatic hydroxyl groups is 1. The van der Waals surface area contributed by atoms with Gasteiger partial charge in [0.15, 0.2) is 17.7 Å². The standard InChI is InChI=1S/C44H65N7O11/c1-11-33-44(8)38-26(4)35(45-17-19-51(38)42(56)62-44)24(2)21-43(7,58-10)39(27(5)36(53)28(6)40(55)60-33)61-41-37(54)32(20-25(3)59-41)49(9)22-29-12-14-30(15-13-29)31-23-50(48-46-31)18-16-34(52)47-57/h12-15,23-28,32-33,37-39,41,54,57H,11,16-22H2,1-10H3,(H,47,52)/t24-,25-,26+,27+,28-,32+,33-,37-,38-,39-,41+,43+,44-/m1/s1. The molecule has 18 nitrogen and oxygen atoms in total. The van der Waals surface area contributed by atoms with Crippen LogP contribution in [0.2, 0.25) is 0 Å². The van der Waals surface area contributed by atoms with Gasteiger partial charge in [-0.15, -0.1) is 5.10 Å². The molecule has 18 heteroatoms. The van der Waals surface area contributed by atoms with Gasteiger partial charge in [-0.2, -0.15) is 0 Å². The number of Topliss-reactive ketones (excluding diaryl/α,β-unsaturated/α-hetero) is 1. The van der Waals surface area contributed by atoms with E-state index in [0.717, 1.165) is 16.8 Å². The third-order valence-electron chi connectivity index (χ3n) is 13.6. The second kappa shape index (κ2) is 19.2. The van der Waals surface area contributed by atoms with E-state index < -0.39 is 83.5 Å². The molecule has 1 aromatic heterocycles. The highest BCUT2D eigenvalue weighted by atomic mass is 16.7. The third-order valence-corrected chi connectivity index (χ3v) is 13.6. The van der Waals surface area contributed by atoms with Crippen molar-refractivity contribution < 1.29 is 53.2 Å². The summed E-state index contributed by atoms with van der Waals surface area (Å²) in [5.74, 6) is -4.26. The number of likely N-dealkylation sites (N-methyl/N-ethyl adjacent to an activating group) is 1. The monoisotopic (exact) mass is 867 g/mol. The molecule has 0 aliphatic carbocycles. The normalized spacial score (nSPS) is 35.8. The van der Waals surface area contributed by atoms with E-state index in [0.29, 0.717) is 44.6 Å². The average Bonchev–Trinajstić information content (AvgIpc) is 3.77. The Labute approximate surface area is 363 Å². The number of hydrogen-bond donors (Lipinski definition) is 3. The molecule has 2 amide bonds. The molecule has 0 unspecified atom stereocenters. The number of nitrogens with one attached hydrogen (secondary N) is 1. The van der Waals surface area contributed by atoms with Crippen LogP contribution in [-0.2, 0) is 51.2 Å². The number of cyclic esters (lactones) is 1. The highest BCUT2D eigenvalue weighted by Crippen LogP contribution is 2.44. The number of nitrogens with zero attached hydrogens (tertiary/aromatic N) is 6. The van der Waals surface area contributed by atoms with Crippen LogP contribution in [0, 0.1) is 23.7 Å². The predicted molar refractivity (Wildman–Crippen MR) is 225 cm³/mol. The largest absolute Gasteiger partial charge is 0.458 e. The summed E-state index contributed by atoms with van der Waals surface area (Å²) in [5.41, 5.74) is 2.58. The lowest BCUT2D eigenvalue weighted by molar-refractivity contribution is -0.296. The number of aliphatic imine (C=N–C) groups is 1. The minimum absolute atomic E-state index is 0.0563. The fraction of sp³-hybridized carbons (Fsp3) is 0.705. The van der Waals surface area contributed by atoms with Crippen LogP contribution < -0.4 is 5.48 Å². The molecule has 1 aromatic carbocycles. The third kappa shape index (κ3) is 9.45. The minimum atomic E-state index is -1.19. The van der Waals surface area contributed by atoms with Gasteiger partial charge in [-0.25, -0.2) is 10.3 Å². The quantitative estimate of drug-likeness (QED) is 0.127. The topological polar surface area (TPSA) is 216 Å². The molecule has 6 rings (SSSR count). The maximum atomic E-state index is 14.5. The number of rotatable bonds is 11. The molecule has 5 heterocycles. The lowest BCUT2D eigenvalue weighted by Gasteiger charge is -2.47. The van der Waals surface area contributed by atoms with E-state index >= 15 is 0 Å². The summed E-state index contributed by atoms with van der Waals surface area (Å²) >= 11 is 0. The van der Waals surface area contributed by atoms with Crippen LogP contribution in [0.1, 0.15) is 86.6 Å². The molecular weight excluding hydrogens is 803 g/mol. The van der Waals surface area contributed by atoms with Gasteiger partial charge in [-0.3, -0.25) is 39.1 Å². The van der Waals surface area contributed by atoms with E-state index in [-0.39, 0.29) is 30.9 Å². The predicted octanol–water partition coefficient (Wildman–Crippen LogP) is 3.80. The molecule has 3 fully saturated rings. The first-order chi connectivity index (χ1) is 29.3. The molecule has 4 aliphatic rings. The summed E-state index contributed by atoms with van der Waals surface area (Å²) < 4.78 is 33.3. The van der Waals surface area contributed by atoms with E-state index in [2.05, 4.69) is 22.1 Å². The SMILES string of the molecule is CC[C@H]1OC(=O)[C@H](C)C(=O)[C@H](C)[C@@H](O[C@@H]2O[C@H](C)C[C@H](N(C)Cc3ccc(-c4cn(CCC(=O)NO)nn4)cc3)[C@H]2O)[C@@](C)(OC)C[C@@H](C)C2=NCCN3C(=O)O[C@@]1(C)[C@H]3[C@H]2C. The molecule has 4 aliphatic heterocycles. The first-order valence-corrected chi connectivity index (χ1v) is 21.8. The smallest absolute Gasteiger partial charge is 0.410 e. The first kappa shape index (κ1) is 47.2. The van der Waals surface area contributed by atoms with Gasteiger partial charge in [0.25, 0.3) is 0 Å². The maximum Gasteiger partial charge on any atom is 0.410 e. The Morgan fingerprint density at radius 1 is 1.08 bits per heavy atom. The first-order valence-electron chi connectivity index (χ1n) is 21.8. The number of carbonyl (C=O) groups is 4. The number of aliphatic hydroxyl groups excluding tert-OH is 1. The van der Waals surface area contributed by atoms with Gasteiger partial charge in [-0.05, 0) is 65.5 Å². The van der Waals surface area contributed by atoms with Crippen molar-refractivity contribution in [1.29, 1.82) is 0 Å². The number of carbonyl (C=O) groups excluding carboxylic acids is 4. The fourth-order valence-corrected chi connectivity index (χ4v) is 10.2. The number of ketones is 1. The van der Waals surface area contributed by atoms with Gasteiger partial charge in [0.05, 0.1) is 43.1 Å². The molecular formula is C44H65N7O11. The van der Waals surface area contributed by atoms with Gasteiger partial charge >= 0.3 is 12.1 Å². The molecule has 62 heavy (non-hydrogen) atoms. The van der Waals surface area contributed by atoms with E-state index in [1.165, 1.54) is 11.6 Å². The zero-order chi connectivity index (χ0) is 45.3. The molecule has 13 atom stereocenters. The zero-order valence-corrected chi connectivity index (χ0v) is 37.6. The number of fused-ring (bicyclic) bond motifs is 1. The van der Waals surface area contributed by atoms with Crippen LogP contribution >= 0.6 is 0 Å². The zero-order valence-electron chi connectivity index (χ0n) is 37.6. The molecule has 2 bridgehead atoms. The summed E-state index contributed by atoms with van der Waals surface area (Å²) in [6, 6.07) is 6.94. The van der Waals surface area contributed by atoms with E-state index in [1.807, 2.05) is 65.9 Å².